The zero-order chi connectivity index (χ0) is 15.4. The monoisotopic (exact) mass is 291 g/mol. The molecule has 1 amide bonds. The molecule has 1 aromatic carbocycles. The van der Waals surface area contributed by atoms with Gasteiger partial charge in [0.2, 0.25) is 0 Å². The van der Waals surface area contributed by atoms with Crippen LogP contribution in [0.2, 0.25) is 0 Å². The van der Waals surface area contributed by atoms with E-state index in [2.05, 4.69) is 5.43 Å². The topological polar surface area (TPSA) is 135 Å². The summed E-state index contributed by atoms with van der Waals surface area (Å²) in [6.45, 7) is 0.563. The largest absolute Gasteiger partial charge is 0.360 e. The molecule has 9 heteroatoms. The van der Waals surface area contributed by atoms with E-state index in [1.54, 1.807) is 0 Å². The number of rotatable bonds is 3. The Labute approximate surface area is 120 Å². The molecular weight excluding hydrogens is 278 g/mol. The minimum atomic E-state index is -0.724. The smallest absolute Gasteiger partial charge is 0.306 e. The Balaban J connectivity index is 2.35. The third-order valence-corrected chi connectivity index (χ3v) is 3.10. The number of nitro groups is 1. The highest BCUT2D eigenvalue weighted by Crippen LogP contribution is 2.29. The number of nitrogens with one attached hydrogen (secondary N) is 1. The Hall–Kier alpha value is -2.70. The summed E-state index contributed by atoms with van der Waals surface area (Å²) in [5.41, 5.74) is 1.80. The van der Waals surface area contributed by atoms with Gasteiger partial charge in [-0.15, -0.1) is 0 Å². The number of anilines is 1. The fraction of sp³-hybridized carbons (Fsp3) is 0.333. The number of benzene rings is 1. The Morgan fingerprint density at radius 2 is 2.38 bits per heavy atom. The molecule has 1 heterocycles. The summed E-state index contributed by atoms with van der Waals surface area (Å²) >= 11 is 0. The van der Waals surface area contributed by atoms with Crippen molar-refractivity contribution >= 4 is 17.3 Å². The highest BCUT2D eigenvalue weighted by Gasteiger charge is 2.30. The molecule has 1 fully saturated rings. The number of hydrogen-bond donors (Lipinski definition) is 2. The third kappa shape index (κ3) is 2.91. The van der Waals surface area contributed by atoms with E-state index in [4.69, 9.17) is 15.8 Å². The first kappa shape index (κ1) is 14.7. The number of carbonyl (C=O) groups is 1. The van der Waals surface area contributed by atoms with Gasteiger partial charge in [0.1, 0.15) is 11.3 Å². The fourth-order valence-electron chi connectivity index (χ4n) is 2.11. The van der Waals surface area contributed by atoms with Gasteiger partial charge in [0.15, 0.2) is 6.10 Å². The molecule has 9 nitrogen and oxygen atoms in total. The zero-order valence-corrected chi connectivity index (χ0v) is 11.0. The van der Waals surface area contributed by atoms with E-state index in [0.29, 0.717) is 0 Å². The number of morpholine rings is 1. The lowest BCUT2D eigenvalue weighted by atomic mass is 10.1. The quantitative estimate of drug-likeness (QED) is 0.462. The van der Waals surface area contributed by atoms with Gasteiger partial charge in [0.05, 0.1) is 24.1 Å². The van der Waals surface area contributed by atoms with Crippen molar-refractivity contribution < 1.29 is 14.5 Å². The Morgan fingerprint density at radius 3 is 3.00 bits per heavy atom. The van der Waals surface area contributed by atoms with Gasteiger partial charge in [-0.1, -0.05) is 6.07 Å². The van der Waals surface area contributed by atoms with E-state index in [1.165, 1.54) is 23.1 Å². The van der Waals surface area contributed by atoms with Gasteiger partial charge in [-0.05, 0) is 12.1 Å². The summed E-state index contributed by atoms with van der Waals surface area (Å²) in [7, 11) is 0. The fourth-order valence-corrected chi connectivity index (χ4v) is 2.11. The summed E-state index contributed by atoms with van der Waals surface area (Å²) in [4.78, 5) is 24.3. The molecule has 21 heavy (non-hydrogen) atoms. The number of nitro benzene ring substituents is 1. The van der Waals surface area contributed by atoms with Crippen molar-refractivity contribution in [3.63, 3.8) is 0 Å². The molecule has 110 valence electrons. The van der Waals surface area contributed by atoms with Gasteiger partial charge >= 0.3 is 5.69 Å². The van der Waals surface area contributed by atoms with E-state index >= 15 is 0 Å². The number of hydrogen-bond acceptors (Lipinski definition) is 7. The normalized spacial score (nSPS) is 17.9. The maximum absolute atomic E-state index is 12.4. The molecule has 1 aromatic rings. The molecule has 1 aliphatic rings. The minimum Gasteiger partial charge on any atom is -0.360 e. The average molecular weight is 291 g/mol. The minimum absolute atomic E-state index is 0.0518. The second kappa shape index (κ2) is 6.17. The zero-order valence-electron chi connectivity index (χ0n) is 11.0. The number of amides is 1. The number of nitrogens with two attached hydrogens (primary N) is 1. The summed E-state index contributed by atoms with van der Waals surface area (Å²) in [6.07, 6.45) is -0.724. The van der Waals surface area contributed by atoms with E-state index in [-0.39, 0.29) is 36.6 Å². The lowest BCUT2D eigenvalue weighted by molar-refractivity contribution is -0.384. The number of hydrazine groups is 1. The Morgan fingerprint density at radius 1 is 1.62 bits per heavy atom. The van der Waals surface area contributed by atoms with E-state index in [9.17, 15) is 14.9 Å². The van der Waals surface area contributed by atoms with Crippen LogP contribution in [0.3, 0.4) is 0 Å². The van der Waals surface area contributed by atoms with Crippen LogP contribution in [0.25, 0.3) is 0 Å². The first-order valence-corrected chi connectivity index (χ1v) is 6.13. The standard InChI is InChI=1S/C12H13N5O4/c13-6-8-7-16(4-5-21-8)12(18)9-2-1-3-10(15-14)11(9)17(19)20/h1-3,8,15H,4-5,7,14H2. The SMILES string of the molecule is N#CC1CN(C(=O)c2cccc(NN)c2[N+](=O)[O-])CCO1. The second-order valence-corrected chi connectivity index (χ2v) is 4.34. The van der Waals surface area contributed by atoms with Crippen LogP contribution >= 0.6 is 0 Å². The van der Waals surface area contributed by atoms with Gasteiger partial charge < -0.3 is 15.1 Å². The highest BCUT2D eigenvalue weighted by atomic mass is 16.6. The first-order valence-electron chi connectivity index (χ1n) is 6.13. The summed E-state index contributed by atoms with van der Waals surface area (Å²) in [5, 5.41) is 20.0. The molecule has 0 bridgehead atoms. The van der Waals surface area contributed by atoms with Crippen molar-refractivity contribution in [2.45, 2.75) is 6.10 Å². The van der Waals surface area contributed by atoms with Crippen LogP contribution in [0.1, 0.15) is 10.4 Å². The average Bonchev–Trinajstić information content (AvgIpc) is 2.53. The van der Waals surface area contributed by atoms with Gasteiger partial charge in [-0.3, -0.25) is 20.8 Å². The number of nitrogen functional groups attached to an aromatic ring is 1. The lowest BCUT2D eigenvalue weighted by Gasteiger charge is -2.29. The number of nitriles is 1. The molecule has 0 aromatic heterocycles. The molecule has 1 saturated heterocycles. The van der Waals surface area contributed by atoms with Crippen molar-refractivity contribution in [2.24, 2.45) is 5.84 Å². The molecule has 1 atom stereocenters. The Kier molecular flexibility index (Phi) is 4.32. The molecular formula is C12H13N5O4. The van der Waals surface area contributed by atoms with Crippen molar-refractivity contribution in [1.29, 1.82) is 5.26 Å². The molecule has 0 saturated carbocycles. The first-order chi connectivity index (χ1) is 10.1. The van der Waals surface area contributed by atoms with Crippen LogP contribution < -0.4 is 11.3 Å². The van der Waals surface area contributed by atoms with E-state index in [1.807, 2.05) is 6.07 Å². The van der Waals surface area contributed by atoms with Crippen molar-refractivity contribution in [1.82, 2.24) is 4.90 Å². The second-order valence-electron chi connectivity index (χ2n) is 4.34. The molecule has 0 radical (unpaired) electrons. The highest BCUT2D eigenvalue weighted by molar-refractivity contribution is 6.00. The summed E-state index contributed by atoms with van der Waals surface area (Å²) in [5.74, 6) is 4.71. The number of nitrogens with zero attached hydrogens (tertiary/aromatic N) is 3. The maximum atomic E-state index is 12.4. The van der Waals surface area contributed by atoms with Crippen LogP contribution in [0, 0.1) is 21.4 Å². The van der Waals surface area contributed by atoms with Crippen LogP contribution in [0.4, 0.5) is 11.4 Å². The lowest BCUT2D eigenvalue weighted by Crippen LogP contribution is -2.45. The van der Waals surface area contributed by atoms with Crippen LogP contribution in [-0.2, 0) is 4.74 Å². The molecule has 0 aliphatic carbocycles. The van der Waals surface area contributed by atoms with Crippen LogP contribution in [0.5, 0.6) is 0 Å². The molecule has 1 unspecified atom stereocenters. The van der Waals surface area contributed by atoms with Crippen LogP contribution in [0.15, 0.2) is 18.2 Å². The van der Waals surface area contributed by atoms with Gasteiger partial charge in [0, 0.05) is 6.54 Å². The predicted molar refractivity (Wildman–Crippen MR) is 72.2 cm³/mol. The van der Waals surface area contributed by atoms with Crippen molar-refractivity contribution in [2.75, 3.05) is 25.1 Å². The van der Waals surface area contributed by atoms with Crippen molar-refractivity contribution in [3.05, 3.63) is 33.9 Å². The Bertz CT molecular complexity index is 612. The number of ether oxygens (including phenoxy) is 1. The van der Waals surface area contributed by atoms with Gasteiger partial charge in [-0.2, -0.15) is 5.26 Å². The molecule has 3 N–H and O–H groups in total. The van der Waals surface area contributed by atoms with Gasteiger partial charge in [-0.25, -0.2) is 0 Å². The molecule has 2 rings (SSSR count). The van der Waals surface area contributed by atoms with Crippen LogP contribution in [-0.4, -0.2) is 41.5 Å². The summed E-state index contributed by atoms with van der Waals surface area (Å²) < 4.78 is 5.14. The van der Waals surface area contributed by atoms with E-state index < -0.39 is 16.9 Å². The maximum Gasteiger partial charge on any atom is 0.306 e. The summed E-state index contributed by atoms with van der Waals surface area (Å²) in [6, 6.07) is 6.18. The predicted octanol–water partition coefficient (Wildman–Crippen LogP) is 0.245. The van der Waals surface area contributed by atoms with Gasteiger partial charge in [0.25, 0.3) is 5.91 Å². The van der Waals surface area contributed by atoms with Crippen molar-refractivity contribution in [3.8, 4) is 6.07 Å². The molecule has 1 aliphatic heterocycles. The number of carbonyl (C=O) groups excluding carboxylic acids is 1. The van der Waals surface area contributed by atoms with E-state index in [0.717, 1.165) is 0 Å². The molecule has 0 spiro atoms. The number of para-hydroxylation sites is 1. The third-order valence-electron chi connectivity index (χ3n) is 3.10.